The number of rotatable bonds is 5. The molecule has 0 bridgehead atoms. The zero-order valence-corrected chi connectivity index (χ0v) is 12.4. The van der Waals surface area contributed by atoms with E-state index in [0.29, 0.717) is 29.3 Å². The number of benzene rings is 1. The molecule has 0 saturated carbocycles. The number of nitrogens with zero attached hydrogens (tertiary/aromatic N) is 4. The molecule has 7 nitrogen and oxygen atoms in total. The number of aromatic nitrogens is 5. The van der Waals surface area contributed by atoms with E-state index in [1.165, 1.54) is 23.0 Å². The molecule has 23 heavy (non-hydrogen) atoms. The number of hydrogen-bond acceptors (Lipinski definition) is 5. The molecule has 118 valence electrons. The molecule has 0 unspecified atom stereocenters. The highest BCUT2D eigenvalue weighted by Crippen LogP contribution is 2.28. The molecule has 0 fully saturated rings. The van der Waals surface area contributed by atoms with Crippen LogP contribution in [0, 0.1) is 5.82 Å². The van der Waals surface area contributed by atoms with Crippen LogP contribution in [0.1, 0.15) is 6.92 Å². The normalized spacial score (nSPS) is 10.9. The van der Waals surface area contributed by atoms with Gasteiger partial charge in [-0.2, -0.15) is 0 Å². The molecule has 8 heteroatoms. The third-order valence-electron chi connectivity index (χ3n) is 3.20. The van der Waals surface area contributed by atoms with E-state index < -0.39 is 5.69 Å². The SMILES string of the molecule is CCOCn1nnc(-c2ccc(F)cc2)c1-c1ccnc(=O)[nH]1. The maximum atomic E-state index is 13.1. The standard InChI is InChI=1S/C15H14FN5O2/c1-2-23-9-21-14(12-7-8-17-15(22)18-12)13(19-20-21)10-3-5-11(16)6-4-10/h3-8H,2,9H2,1H3,(H,17,18,22). The Kier molecular flexibility index (Phi) is 4.24. The Morgan fingerprint density at radius 2 is 2.04 bits per heavy atom. The second kappa shape index (κ2) is 6.49. The van der Waals surface area contributed by atoms with Crippen LogP contribution < -0.4 is 5.69 Å². The van der Waals surface area contributed by atoms with Gasteiger partial charge in [0.15, 0.2) is 0 Å². The van der Waals surface area contributed by atoms with Gasteiger partial charge in [-0.3, -0.25) is 0 Å². The summed E-state index contributed by atoms with van der Waals surface area (Å²) in [6.07, 6.45) is 1.40. The Bertz CT molecular complexity index is 857. The number of hydrogen-bond donors (Lipinski definition) is 1. The largest absolute Gasteiger partial charge is 0.359 e. The molecule has 0 atom stereocenters. The van der Waals surface area contributed by atoms with Crippen molar-refractivity contribution in [1.29, 1.82) is 0 Å². The van der Waals surface area contributed by atoms with E-state index in [1.54, 1.807) is 18.2 Å². The van der Waals surface area contributed by atoms with Gasteiger partial charge in [0.05, 0.1) is 5.69 Å². The summed E-state index contributed by atoms with van der Waals surface area (Å²) in [6, 6.07) is 7.54. The smallest absolute Gasteiger partial charge is 0.345 e. The Hall–Kier alpha value is -2.87. The second-order valence-electron chi connectivity index (χ2n) is 4.70. The van der Waals surface area contributed by atoms with Crippen LogP contribution in [0.5, 0.6) is 0 Å². The molecule has 0 radical (unpaired) electrons. The number of nitrogens with one attached hydrogen (secondary N) is 1. The number of halogens is 1. The third-order valence-corrected chi connectivity index (χ3v) is 3.20. The molecular formula is C15H14FN5O2. The molecule has 0 aliphatic heterocycles. The summed E-state index contributed by atoms with van der Waals surface area (Å²) in [7, 11) is 0. The summed E-state index contributed by atoms with van der Waals surface area (Å²) >= 11 is 0. The van der Waals surface area contributed by atoms with E-state index in [2.05, 4.69) is 20.3 Å². The van der Waals surface area contributed by atoms with E-state index in [9.17, 15) is 9.18 Å². The van der Waals surface area contributed by atoms with Crippen molar-refractivity contribution in [2.24, 2.45) is 0 Å². The fourth-order valence-corrected chi connectivity index (χ4v) is 2.16. The minimum Gasteiger partial charge on any atom is -0.359 e. The molecule has 0 aliphatic rings. The Morgan fingerprint density at radius 1 is 1.26 bits per heavy atom. The first kappa shape index (κ1) is 15.0. The zero-order chi connectivity index (χ0) is 16.2. The summed E-state index contributed by atoms with van der Waals surface area (Å²) in [5, 5.41) is 8.21. The van der Waals surface area contributed by atoms with E-state index in [0.717, 1.165) is 0 Å². The van der Waals surface area contributed by atoms with Crippen LogP contribution in [0.3, 0.4) is 0 Å². The van der Waals surface area contributed by atoms with Crippen molar-refractivity contribution in [2.45, 2.75) is 13.7 Å². The van der Waals surface area contributed by atoms with Gasteiger partial charge in [-0.25, -0.2) is 18.9 Å². The predicted molar refractivity (Wildman–Crippen MR) is 80.9 cm³/mol. The zero-order valence-electron chi connectivity index (χ0n) is 12.4. The van der Waals surface area contributed by atoms with Gasteiger partial charge < -0.3 is 9.72 Å². The fourth-order valence-electron chi connectivity index (χ4n) is 2.16. The van der Waals surface area contributed by atoms with Crippen molar-refractivity contribution in [3.8, 4) is 22.6 Å². The Labute approximate surface area is 130 Å². The summed E-state index contributed by atoms with van der Waals surface area (Å²) < 4.78 is 20.0. The van der Waals surface area contributed by atoms with E-state index in [4.69, 9.17) is 4.74 Å². The van der Waals surface area contributed by atoms with Gasteiger partial charge in [-0.05, 0) is 37.3 Å². The molecule has 1 aromatic carbocycles. The van der Waals surface area contributed by atoms with Crippen molar-refractivity contribution >= 4 is 0 Å². The van der Waals surface area contributed by atoms with Crippen LogP contribution in [-0.4, -0.2) is 31.6 Å². The van der Waals surface area contributed by atoms with Crippen LogP contribution in [-0.2, 0) is 11.5 Å². The summed E-state index contributed by atoms with van der Waals surface area (Å²) in [6.45, 7) is 2.56. The van der Waals surface area contributed by atoms with Crippen LogP contribution in [0.2, 0.25) is 0 Å². The third kappa shape index (κ3) is 3.16. The lowest BCUT2D eigenvalue weighted by molar-refractivity contribution is 0.0790. The number of H-pyrrole nitrogens is 1. The van der Waals surface area contributed by atoms with Gasteiger partial charge in [0.2, 0.25) is 0 Å². The number of ether oxygens (including phenoxy) is 1. The molecule has 0 amide bonds. The quantitative estimate of drug-likeness (QED) is 0.776. The van der Waals surface area contributed by atoms with E-state index >= 15 is 0 Å². The Morgan fingerprint density at radius 3 is 2.74 bits per heavy atom. The molecule has 0 saturated heterocycles. The lowest BCUT2D eigenvalue weighted by Gasteiger charge is -2.08. The van der Waals surface area contributed by atoms with Gasteiger partial charge in [0.1, 0.15) is 23.9 Å². The first-order valence-corrected chi connectivity index (χ1v) is 7.02. The van der Waals surface area contributed by atoms with Gasteiger partial charge in [0.25, 0.3) is 0 Å². The molecule has 3 rings (SSSR count). The monoisotopic (exact) mass is 315 g/mol. The molecule has 2 heterocycles. The van der Waals surface area contributed by atoms with Crippen molar-refractivity contribution < 1.29 is 9.13 Å². The average Bonchev–Trinajstić information content (AvgIpc) is 2.97. The predicted octanol–water partition coefficient (Wildman–Crippen LogP) is 1.83. The first-order valence-electron chi connectivity index (χ1n) is 7.02. The van der Waals surface area contributed by atoms with Crippen molar-refractivity contribution in [3.63, 3.8) is 0 Å². The van der Waals surface area contributed by atoms with Crippen LogP contribution >= 0.6 is 0 Å². The van der Waals surface area contributed by atoms with Crippen LogP contribution in [0.25, 0.3) is 22.6 Å². The highest BCUT2D eigenvalue weighted by atomic mass is 19.1. The van der Waals surface area contributed by atoms with Gasteiger partial charge in [-0.1, -0.05) is 5.21 Å². The molecular weight excluding hydrogens is 301 g/mol. The van der Waals surface area contributed by atoms with E-state index in [-0.39, 0.29) is 12.5 Å². The number of aromatic amines is 1. The lowest BCUT2D eigenvalue weighted by atomic mass is 10.1. The maximum absolute atomic E-state index is 13.1. The highest BCUT2D eigenvalue weighted by Gasteiger charge is 2.17. The van der Waals surface area contributed by atoms with Gasteiger partial charge in [-0.15, -0.1) is 5.10 Å². The average molecular weight is 315 g/mol. The van der Waals surface area contributed by atoms with Crippen molar-refractivity contribution in [3.05, 3.63) is 52.8 Å². The van der Waals surface area contributed by atoms with Crippen LogP contribution in [0.4, 0.5) is 4.39 Å². The van der Waals surface area contributed by atoms with Crippen molar-refractivity contribution in [1.82, 2.24) is 25.0 Å². The Balaban J connectivity index is 2.14. The summed E-state index contributed by atoms with van der Waals surface area (Å²) in [5.74, 6) is -0.339. The fraction of sp³-hybridized carbons (Fsp3) is 0.200. The van der Waals surface area contributed by atoms with Gasteiger partial charge in [0, 0.05) is 18.4 Å². The lowest BCUT2D eigenvalue weighted by Crippen LogP contribution is -2.12. The van der Waals surface area contributed by atoms with Crippen molar-refractivity contribution in [2.75, 3.05) is 6.61 Å². The molecule has 2 aromatic heterocycles. The second-order valence-corrected chi connectivity index (χ2v) is 4.70. The van der Waals surface area contributed by atoms with Gasteiger partial charge >= 0.3 is 5.69 Å². The molecule has 1 N–H and O–H groups in total. The molecule has 0 spiro atoms. The molecule has 0 aliphatic carbocycles. The molecule has 3 aromatic rings. The maximum Gasteiger partial charge on any atom is 0.345 e. The minimum absolute atomic E-state index is 0.185. The minimum atomic E-state index is -0.475. The summed E-state index contributed by atoms with van der Waals surface area (Å²) in [4.78, 5) is 17.8. The highest BCUT2D eigenvalue weighted by molar-refractivity contribution is 5.75. The van der Waals surface area contributed by atoms with E-state index in [1.807, 2.05) is 6.92 Å². The topological polar surface area (TPSA) is 85.7 Å². The summed E-state index contributed by atoms with van der Waals surface area (Å²) in [5.41, 5.74) is 1.81. The van der Waals surface area contributed by atoms with Crippen LogP contribution in [0.15, 0.2) is 41.3 Å². The first-order chi connectivity index (χ1) is 11.2.